The van der Waals surface area contributed by atoms with Gasteiger partial charge in [0.15, 0.2) is 0 Å². The Kier molecular flexibility index (Phi) is 5.43. The second-order valence-corrected chi connectivity index (χ2v) is 4.72. The van der Waals surface area contributed by atoms with Crippen LogP contribution in [0.2, 0.25) is 0 Å². The average molecular weight is 260 g/mol. The Balaban J connectivity index is 2.18. The van der Waals surface area contributed by atoms with Crippen molar-refractivity contribution in [1.82, 2.24) is 9.88 Å². The smallest absolute Gasteiger partial charge is 0.0645 e. The normalized spacial score (nSPS) is 11.3. The van der Waals surface area contributed by atoms with Crippen LogP contribution < -0.4 is 5.32 Å². The molecular formula is C16H24N2O. The van der Waals surface area contributed by atoms with Crippen molar-refractivity contribution in [3.05, 3.63) is 36.0 Å². The first-order chi connectivity index (χ1) is 9.36. The van der Waals surface area contributed by atoms with Gasteiger partial charge in [0.2, 0.25) is 0 Å². The van der Waals surface area contributed by atoms with E-state index in [1.807, 2.05) is 6.92 Å². The molecule has 19 heavy (non-hydrogen) atoms. The number of nitrogens with one attached hydrogen (secondary N) is 1. The zero-order chi connectivity index (χ0) is 13.5. The van der Waals surface area contributed by atoms with Crippen molar-refractivity contribution in [2.75, 3.05) is 19.8 Å². The van der Waals surface area contributed by atoms with Crippen LogP contribution in [0.3, 0.4) is 0 Å². The standard InChI is InChI=1S/C16H24N2O/c1-3-9-17-13-15-12-14-7-5-6-8-16(14)18(15)10-11-19-4-2/h5-8,12,17H,3-4,9-11,13H2,1-2H3. The molecule has 3 heteroatoms. The summed E-state index contributed by atoms with van der Waals surface area (Å²) in [6.07, 6.45) is 1.17. The third-order valence-corrected chi connectivity index (χ3v) is 3.29. The molecule has 0 atom stereocenters. The van der Waals surface area contributed by atoms with Crippen LogP contribution in [0, 0.1) is 0 Å². The van der Waals surface area contributed by atoms with Gasteiger partial charge in [-0.3, -0.25) is 0 Å². The number of hydrogen-bond donors (Lipinski definition) is 1. The Bertz CT molecular complexity index is 504. The highest BCUT2D eigenvalue weighted by Gasteiger charge is 2.07. The molecule has 0 unspecified atom stereocenters. The van der Waals surface area contributed by atoms with E-state index >= 15 is 0 Å². The van der Waals surface area contributed by atoms with Gasteiger partial charge in [-0.15, -0.1) is 0 Å². The number of hydrogen-bond acceptors (Lipinski definition) is 2. The Hall–Kier alpha value is -1.32. The molecule has 0 amide bonds. The lowest BCUT2D eigenvalue weighted by atomic mass is 10.2. The quantitative estimate of drug-likeness (QED) is 0.738. The van der Waals surface area contributed by atoms with Crippen molar-refractivity contribution in [3.8, 4) is 0 Å². The third-order valence-electron chi connectivity index (χ3n) is 3.29. The fourth-order valence-electron chi connectivity index (χ4n) is 2.37. The molecule has 1 N–H and O–H groups in total. The van der Waals surface area contributed by atoms with Crippen LogP contribution in [0.25, 0.3) is 10.9 Å². The maximum absolute atomic E-state index is 5.50. The number of para-hydroxylation sites is 1. The molecule has 104 valence electrons. The maximum Gasteiger partial charge on any atom is 0.0645 e. The van der Waals surface area contributed by atoms with Crippen molar-refractivity contribution < 1.29 is 4.74 Å². The summed E-state index contributed by atoms with van der Waals surface area (Å²) in [6, 6.07) is 10.8. The van der Waals surface area contributed by atoms with Crippen LogP contribution in [0.1, 0.15) is 26.0 Å². The number of benzene rings is 1. The summed E-state index contributed by atoms with van der Waals surface area (Å²) in [5.41, 5.74) is 2.64. The van der Waals surface area contributed by atoms with E-state index in [4.69, 9.17) is 4.74 Å². The maximum atomic E-state index is 5.50. The van der Waals surface area contributed by atoms with E-state index in [-0.39, 0.29) is 0 Å². The van der Waals surface area contributed by atoms with Crippen molar-refractivity contribution >= 4 is 10.9 Å². The highest BCUT2D eigenvalue weighted by molar-refractivity contribution is 5.81. The summed E-state index contributed by atoms with van der Waals surface area (Å²) in [4.78, 5) is 0. The van der Waals surface area contributed by atoms with Crippen LogP contribution >= 0.6 is 0 Å². The Morgan fingerprint density at radius 2 is 2.05 bits per heavy atom. The van der Waals surface area contributed by atoms with E-state index < -0.39 is 0 Å². The molecule has 1 heterocycles. The molecule has 3 nitrogen and oxygen atoms in total. The van der Waals surface area contributed by atoms with Crippen molar-refractivity contribution in [2.24, 2.45) is 0 Å². The average Bonchev–Trinajstić information content (AvgIpc) is 2.78. The predicted molar refractivity (Wildman–Crippen MR) is 80.4 cm³/mol. The van der Waals surface area contributed by atoms with Gasteiger partial charge in [0.1, 0.15) is 0 Å². The van der Waals surface area contributed by atoms with E-state index in [1.165, 1.54) is 23.0 Å². The van der Waals surface area contributed by atoms with E-state index in [0.717, 1.165) is 32.8 Å². The highest BCUT2D eigenvalue weighted by Crippen LogP contribution is 2.19. The lowest BCUT2D eigenvalue weighted by Gasteiger charge is -2.11. The van der Waals surface area contributed by atoms with Gasteiger partial charge >= 0.3 is 0 Å². The molecule has 2 aromatic rings. The molecule has 2 rings (SSSR count). The lowest BCUT2D eigenvalue weighted by Crippen LogP contribution is -2.18. The van der Waals surface area contributed by atoms with Crippen molar-refractivity contribution in [1.29, 1.82) is 0 Å². The molecular weight excluding hydrogens is 236 g/mol. The Morgan fingerprint density at radius 3 is 2.84 bits per heavy atom. The first kappa shape index (κ1) is 14.1. The van der Waals surface area contributed by atoms with Gasteiger partial charge in [-0.1, -0.05) is 25.1 Å². The first-order valence-electron chi connectivity index (χ1n) is 7.22. The summed E-state index contributed by atoms with van der Waals surface area (Å²) in [5.74, 6) is 0. The molecule has 0 bridgehead atoms. The second-order valence-electron chi connectivity index (χ2n) is 4.72. The molecule has 0 aliphatic carbocycles. The minimum atomic E-state index is 0.774. The molecule has 0 saturated carbocycles. The van der Waals surface area contributed by atoms with Crippen molar-refractivity contribution in [2.45, 2.75) is 33.4 Å². The minimum absolute atomic E-state index is 0.774. The predicted octanol–water partition coefficient (Wildman–Crippen LogP) is 3.18. The largest absolute Gasteiger partial charge is 0.380 e. The lowest BCUT2D eigenvalue weighted by molar-refractivity contribution is 0.139. The summed E-state index contributed by atoms with van der Waals surface area (Å²) in [6.45, 7) is 8.69. The SMILES string of the molecule is CCCNCc1cc2ccccc2n1CCOCC. The van der Waals surface area contributed by atoms with Gasteiger partial charge < -0.3 is 14.6 Å². The number of rotatable bonds is 8. The Morgan fingerprint density at radius 1 is 1.21 bits per heavy atom. The molecule has 1 aromatic carbocycles. The molecule has 0 radical (unpaired) electrons. The number of ether oxygens (including phenoxy) is 1. The fourth-order valence-corrected chi connectivity index (χ4v) is 2.37. The fraction of sp³-hybridized carbons (Fsp3) is 0.500. The van der Waals surface area contributed by atoms with Crippen LogP contribution in [0.5, 0.6) is 0 Å². The van der Waals surface area contributed by atoms with Gasteiger partial charge in [0.25, 0.3) is 0 Å². The summed E-state index contributed by atoms with van der Waals surface area (Å²) in [7, 11) is 0. The van der Waals surface area contributed by atoms with Gasteiger partial charge in [-0.05, 0) is 37.4 Å². The van der Waals surface area contributed by atoms with E-state index in [2.05, 4.69) is 47.1 Å². The van der Waals surface area contributed by atoms with Crippen LogP contribution in [-0.2, 0) is 17.8 Å². The first-order valence-corrected chi connectivity index (χ1v) is 7.22. The van der Waals surface area contributed by atoms with E-state index in [9.17, 15) is 0 Å². The van der Waals surface area contributed by atoms with Gasteiger partial charge in [0.05, 0.1) is 6.61 Å². The molecule has 0 aliphatic rings. The number of nitrogens with zero attached hydrogens (tertiary/aromatic N) is 1. The number of aromatic nitrogens is 1. The summed E-state index contributed by atoms with van der Waals surface area (Å²) >= 11 is 0. The summed E-state index contributed by atoms with van der Waals surface area (Å²) < 4.78 is 7.86. The second kappa shape index (κ2) is 7.31. The van der Waals surface area contributed by atoms with Gasteiger partial charge in [0, 0.05) is 30.9 Å². The Labute approximate surface area is 115 Å². The molecule has 0 aliphatic heterocycles. The van der Waals surface area contributed by atoms with E-state index in [1.54, 1.807) is 0 Å². The van der Waals surface area contributed by atoms with Crippen LogP contribution in [-0.4, -0.2) is 24.3 Å². The molecule has 0 spiro atoms. The zero-order valence-electron chi connectivity index (χ0n) is 12.0. The molecule has 1 aromatic heterocycles. The number of fused-ring (bicyclic) bond motifs is 1. The zero-order valence-corrected chi connectivity index (χ0v) is 12.0. The van der Waals surface area contributed by atoms with Crippen LogP contribution in [0.15, 0.2) is 30.3 Å². The molecule has 0 fully saturated rings. The van der Waals surface area contributed by atoms with Crippen molar-refractivity contribution in [3.63, 3.8) is 0 Å². The third kappa shape index (κ3) is 3.58. The van der Waals surface area contributed by atoms with Gasteiger partial charge in [-0.2, -0.15) is 0 Å². The summed E-state index contributed by atoms with van der Waals surface area (Å²) in [5, 5.41) is 4.79. The minimum Gasteiger partial charge on any atom is -0.380 e. The topological polar surface area (TPSA) is 26.2 Å². The van der Waals surface area contributed by atoms with Crippen LogP contribution in [0.4, 0.5) is 0 Å². The van der Waals surface area contributed by atoms with Gasteiger partial charge in [-0.25, -0.2) is 0 Å². The highest BCUT2D eigenvalue weighted by atomic mass is 16.5. The molecule has 0 saturated heterocycles. The van der Waals surface area contributed by atoms with E-state index in [0.29, 0.717) is 0 Å². The monoisotopic (exact) mass is 260 g/mol.